The van der Waals surface area contributed by atoms with Gasteiger partial charge in [0.25, 0.3) is 0 Å². The third kappa shape index (κ3) is 5.14. The fourth-order valence-electron chi connectivity index (χ4n) is 5.49. The number of aryl methyl sites for hydroxylation is 2. The summed E-state index contributed by atoms with van der Waals surface area (Å²) in [7, 11) is 1.65. The monoisotopic (exact) mass is 561 g/mol. The molecular weight excluding hydrogens is 530 g/mol. The van der Waals surface area contributed by atoms with Gasteiger partial charge in [0.05, 0.1) is 24.9 Å². The van der Waals surface area contributed by atoms with Crippen LogP contribution in [0.5, 0.6) is 17.2 Å². The summed E-state index contributed by atoms with van der Waals surface area (Å²) >= 11 is 5.96. The fraction of sp³-hybridized carbons (Fsp3) is 0.182. The molecule has 1 fully saturated rings. The second-order valence-electron chi connectivity index (χ2n) is 10.1. The maximum atomic E-state index is 6.08. The van der Waals surface area contributed by atoms with Crippen LogP contribution in [0, 0.1) is 20.8 Å². The highest BCUT2D eigenvalue weighted by Crippen LogP contribution is 2.44. The minimum absolute atomic E-state index is 0.129. The minimum atomic E-state index is -0.140. The maximum absolute atomic E-state index is 6.08. The summed E-state index contributed by atoms with van der Waals surface area (Å²) in [6, 6.07) is 27.6. The molecular formula is C33H31N5O2S. The first-order chi connectivity index (χ1) is 19.9. The van der Waals surface area contributed by atoms with Gasteiger partial charge in [-0.3, -0.25) is 4.98 Å². The Balaban J connectivity index is 1.39. The number of pyridine rings is 2. The van der Waals surface area contributed by atoms with Crippen LogP contribution in [0.4, 0.5) is 5.69 Å². The van der Waals surface area contributed by atoms with E-state index in [0.717, 1.165) is 57.0 Å². The van der Waals surface area contributed by atoms with E-state index in [0.29, 0.717) is 5.11 Å². The Morgan fingerprint density at radius 2 is 1.51 bits per heavy atom. The van der Waals surface area contributed by atoms with E-state index >= 15 is 0 Å². The van der Waals surface area contributed by atoms with Crippen molar-refractivity contribution in [3.8, 4) is 23.1 Å². The number of ether oxygens (including phenoxy) is 2. The molecule has 2 atom stereocenters. The molecule has 1 aliphatic heterocycles. The van der Waals surface area contributed by atoms with Crippen molar-refractivity contribution in [1.29, 1.82) is 0 Å². The molecule has 0 bridgehead atoms. The Morgan fingerprint density at radius 1 is 0.805 bits per heavy atom. The van der Waals surface area contributed by atoms with Gasteiger partial charge in [0, 0.05) is 29.5 Å². The van der Waals surface area contributed by atoms with E-state index in [1.165, 1.54) is 0 Å². The van der Waals surface area contributed by atoms with Crippen molar-refractivity contribution in [3.63, 3.8) is 0 Å². The lowest BCUT2D eigenvalue weighted by Gasteiger charge is -2.28. The number of anilines is 1. The smallest absolute Gasteiger partial charge is 0.174 e. The molecule has 1 N–H and O–H groups in total. The summed E-state index contributed by atoms with van der Waals surface area (Å²) in [6.07, 6.45) is 3.68. The zero-order valence-corrected chi connectivity index (χ0v) is 24.2. The van der Waals surface area contributed by atoms with Gasteiger partial charge in [-0.15, -0.1) is 0 Å². The van der Waals surface area contributed by atoms with Crippen LogP contribution in [-0.2, 0) is 0 Å². The van der Waals surface area contributed by atoms with Crippen molar-refractivity contribution < 1.29 is 9.47 Å². The lowest BCUT2D eigenvalue weighted by atomic mass is 9.96. The van der Waals surface area contributed by atoms with Gasteiger partial charge in [-0.25, -0.2) is 4.98 Å². The zero-order chi connectivity index (χ0) is 28.5. The van der Waals surface area contributed by atoms with Gasteiger partial charge in [0.15, 0.2) is 5.11 Å². The van der Waals surface area contributed by atoms with Crippen molar-refractivity contribution in [1.82, 2.24) is 19.9 Å². The standard InChI is InChI=1S/C33H31N5O2S/c1-21-16-18-35-30(19-21)37-22(2)20-28(23(37)3)32-31(29-7-5-6-17-34-29)36-33(41)38(32)24-8-10-26(11-9-24)40-27-14-12-25(39-4)13-15-27/h5-20,31-32H,1-4H3,(H,36,41)/t31-,32+/m0/s1. The molecule has 41 heavy (non-hydrogen) atoms. The van der Waals surface area contributed by atoms with E-state index in [1.807, 2.05) is 85.2 Å². The molecule has 0 saturated carbocycles. The molecule has 0 aliphatic carbocycles. The quantitative estimate of drug-likeness (QED) is 0.211. The normalized spacial score (nSPS) is 16.5. The van der Waals surface area contributed by atoms with Gasteiger partial charge >= 0.3 is 0 Å². The average molecular weight is 562 g/mol. The van der Waals surface area contributed by atoms with Crippen LogP contribution in [0.25, 0.3) is 5.82 Å². The Morgan fingerprint density at radius 3 is 2.17 bits per heavy atom. The zero-order valence-electron chi connectivity index (χ0n) is 23.4. The number of hydrogen-bond acceptors (Lipinski definition) is 5. The van der Waals surface area contributed by atoms with Gasteiger partial charge in [-0.1, -0.05) is 6.07 Å². The highest BCUT2D eigenvalue weighted by Gasteiger charge is 2.42. The summed E-state index contributed by atoms with van der Waals surface area (Å²) in [5, 5.41) is 4.21. The van der Waals surface area contributed by atoms with Gasteiger partial charge in [0.2, 0.25) is 0 Å². The van der Waals surface area contributed by atoms with Crippen molar-refractivity contribution in [2.24, 2.45) is 0 Å². The second kappa shape index (κ2) is 11.1. The van der Waals surface area contributed by atoms with E-state index in [4.69, 9.17) is 26.7 Å². The third-order valence-corrected chi connectivity index (χ3v) is 7.74. The second-order valence-corrected chi connectivity index (χ2v) is 10.5. The molecule has 0 spiro atoms. The van der Waals surface area contributed by atoms with E-state index in [-0.39, 0.29) is 12.1 Å². The van der Waals surface area contributed by atoms with Crippen LogP contribution < -0.4 is 19.7 Å². The van der Waals surface area contributed by atoms with Crippen LogP contribution in [0.1, 0.15) is 40.3 Å². The molecule has 6 rings (SSSR count). The number of nitrogens with one attached hydrogen (secondary N) is 1. The van der Waals surface area contributed by atoms with Gasteiger partial charge < -0.3 is 24.3 Å². The highest BCUT2D eigenvalue weighted by atomic mass is 32.1. The van der Waals surface area contributed by atoms with Crippen molar-refractivity contribution >= 4 is 23.0 Å². The van der Waals surface area contributed by atoms with E-state index < -0.39 is 0 Å². The third-order valence-electron chi connectivity index (χ3n) is 7.43. The number of rotatable bonds is 7. The Labute approximate surface area is 245 Å². The van der Waals surface area contributed by atoms with Crippen LogP contribution in [0.2, 0.25) is 0 Å². The van der Waals surface area contributed by atoms with E-state index in [2.05, 4.69) is 52.7 Å². The van der Waals surface area contributed by atoms with Gasteiger partial charge in [0.1, 0.15) is 23.1 Å². The summed E-state index contributed by atoms with van der Waals surface area (Å²) in [5.41, 5.74) is 6.44. The van der Waals surface area contributed by atoms with Gasteiger partial charge in [-0.2, -0.15) is 0 Å². The summed E-state index contributed by atoms with van der Waals surface area (Å²) in [4.78, 5) is 11.6. The largest absolute Gasteiger partial charge is 0.497 e. The fourth-order valence-corrected chi connectivity index (χ4v) is 5.83. The van der Waals surface area contributed by atoms with Crippen LogP contribution in [0.3, 0.4) is 0 Å². The number of thiocarbonyl (C=S) groups is 1. The molecule has 3 aromatic heterocycles. The minimum Gasteiger partial charge on any atom is -0.497 e. The van der Waals surface area contributed by atoms with E-state index in [9.17, 15) is 0 Å². The first-order valence-electron chi connectivity index (χ1n) is 13.5. The van der Waals surface area contributed by atoms with Crippen molar-refractivity contribution in [2.45, 2.75) is 32.9 Å². The molecule has 0 radical (unpaired) electrons. The molecule has 1 aliphatic rings. The van der Waals surface area contributed by atoms with Crippen LogP contribution in [-0.4, -0.2) is 26.8 Å². The van der Waals surface area contributed by atoms with E-state index in [1.54, 1.807) is 7.11 Å². The average Bonchev–Trinajstić information content (AvgIpc) is 3.49. The first-order valence-corrected chi connectivity index (χ1v) is 13.9. The number of methoxy groups -OCH3 is 1. The number of benzene rings is 2. The number of aromatic nitrogens is 3. The van der Waals surface area contributed by atoms with Crippen LogP contribution in [0.15, 0.2) is 97.3 Å². The lowest BCUT2D eigenvalue weighted by molar-refractivity contribution is 0.413. The lowest BCUT2D eigenvalue weighted by Crippen LogP contribution is -2.29. The summed E-state index contributed by atoms with van der Waals surface area (Å²) in [6.45, 7) is 6.35. The van der Waals surface area contributed by atoms with Crippen molar-refractivity contribution in [2.75, 3.05) is 12.0 Å². The van der Waals surface area contributed by atoms with Crippen LogP contribution >= 0.6 is 12.2 Å². The Hall–Kier alpha value is -4.69. The molecule has 4 heterocycles. The molecule has 7 nitrogen and oxygen atoms in total. The number of nitrogens with zero attached hydrogens (tertiary/aromatic N) is 4. The summed E-state index contributed by atoms with van der Waals surface area (Å²) in [5.74, 6) is 3.16. The Kier molecular flexibility index (Phi) is 7.15. The molecule has 0 unspecified atom stereocenters. The SMILES string of the molecule is COc1ccc(Oc2ccc(N3C(=S)N[C@@H](c4ccccn4)[C@H]3c3cc(C)n(-c4cc(C)ccn4)c3C)cc2)cc1. The first kappa shape index (κ1) is 26.5. The highest BCUT2D eigenvalue weighted by molar-refractivity contribution is 7.80. The molecule has 0 amide bonds. The topological polar surface area (TPSA) is 64.4 Å². The number of hydrogen-bond donors (Lipinski definition) is 1. The Bertz CT molecular complexity index is 1680. The maximum Gasteiger partial charge on any atom is 0.174 e. The molecule has 206 valence electrons. The van der Waals surface area contributed by atoms with Gasteiger partial charge in [-0.05, 0) is 123 Å². The molecule has 1 saturated heterocycles. The van der Waals surface area contributed by atoms with Crippen molar-refractivity contribution in [3.05, 3.63) is 126 Å². The molecule has 5 aromatic rings. The molecule has 8 heteroatoms. The predicted octanol–water partition coefficient (Wildman–Crippen LogP) is 7.17. The molecule has 2 aromatic carbocycles. The predicted molar refractivity (Wildman–Crippen MR) is 165 cm³/mol. The summed E-state index contributed by atoms with van der Waals surface area (Å²) < 4.78 is 13.5.